The van der Waals surface area contributed by atoms with Crippen LogP contribution >= 0.6 is 0 Å². The van der Waals surface area contributed by atoms with E-state index in [2.05, 4.69) is 9.80 Å². The summed E-state index contributed by atoms with van der Waals surface area (Å²) in [5.41, 5.74) is 0. The highest BCUT2D eigenvalue weighted by Crippen LogP contribution is 2.21. The number of likely N-dealkylation sites (tertiary alicyclic amines) is 1. The molecular formula is C15H28N2O3S. The van der Waals surface area contributed by atoms with E-state index in [1.165, 1.54) is 32.1 Å². The Balaban J connectivity index is 1.40. The zero-order valence-corrected chi connectivity index (χ0v) is 13.7. The summed E-state index contributed by atoms with van der Waals surface area (Å²) >= 11 is 0. The third-order valence-corrected chi connectivity index (χ3v) is 6.80. The summed E-state index contributed by atoms with van der Waals surface area (Å²) in [5.74, 6) is 0.701. The molecule has 0 saturated carbocycles. The molecule has 3 aliphatic rings. The van der Waals surface area contributed by atoms with Gasteiger partial charge in [0.2, 0.25) is 0 Å². The molecule has 3 saturated heterocycles. The lowest BCUT2D eigenvalue weighted by Crippen LogP contribution is -2.51. The average molecular weight is 316 g/mol. The molecule has 1 atom stereocenters. The van der Waals surface area contributed by atoms with E-state index in [0.29, 0.717) is 23.7 Å². The van der Waals surface area contributed by atoms with Crippen molar-refractivity contribution in [2.24, 2.45) is 0 Å². The second kappa shape index (κ2) is 6.94. The Labute approximate surface area is 128 Å². The second-order valence-corrected chi connectivity index (χ2v) is 9.01. The van der Waals surface area contributed by atoms with E-state index in [0.717, 1.165) is 39.3 Å². The van der Waals surface area contributed by atoms with Gasteiger partial charge in [0, 0.05) is 32.3 Å². The third kappa shape index (κ3) is 4.41. The summed E-state index contributed by atoms with van der Waals surface area (Å²) in [6, 6.07) is 0.587. The van der Waals surface area contributed by atoms with Gasteiger partial charge in [0.05, 0.1) is 17.6 Å². The van der Waals surface area contributed by atoms with Gasteiger partial charge in [-0.2, -0.15) is 0 Å². The standard InChI is InChI=1S/C15H28N2O3S/c18-21(19)11-8-17(9-12-21)14-4-6-16(7-5-14)13-15-3-1-2-10-20-15/h14-15H,1-13H2/t15-/m1/s1. The lowest BCUT2D eigenvalue weighted by Gasteiger charge is -2.41. The molecule has 0 aromatic rings. The van der Waals surface area contributed by atoms with Gasteiger partial charge in [0.25, 0.3) is 0 Å². The van der Waals surface area contributed by atoms with Crippen molar-refractivity contribution in [3.8, 4) is 0 Å². The van der Waals surface area contributed by atoms with E-state index in [4.69, 9.17) is 4.74 Å². The van der Waals surface area contributed by atoms with Gasteiger partial charge in [-0.25, -0.2) is 8.42 Å². The van der Waals surface area contributed by atoms with Gasteiger partial charge in [0.1, 0.15) is 0 Å². The van der Waals surface area contributed by atoms with Crippen molar-refractivity contribution < 1.29 is 13.2 Å². The fourth-order valence-corrected chi connectivity index (χ4v) is 5.03. The Morgan fingerprint density at radius 3 is 2.29 bits per heavy atom. The van der Waals surface area contributed by atoms with Crippen molar-refractivity contribution in [1.82, 2.24) is 9.80 Å². The second-order valence-electron chi connectivity index (χ2n) is 6.71. The van der Waals surface area contributed by atoms with E-state index >= 15 is 0 Å². The summed E-state index contributed by atoms with van der Waals surface area (Å²) in [4.78, 5) is 4.93. The molecule has 0 aliphatic carbocycles. The van der Waals surface area contributed by atoms with Crippen LogP contribution < -0.4 is 0 Å². The topological polar surface area (TPSA) is 49.9 Å². The monoisotopic (exact) mass is 316 g/mol. The van der Waals surface area contributed by atoms with Crippen LogP contribution in [0.3, 0.4) is 0 Å². The number of sulfone groups is 1. The van der Waals surface area contributed by atoms with Crippen LogP contribution in [-0.2, 0) is 14.6 Å². The lowest BCUT2D eigenvalue weighted by atomic mass is 10.0. The molecular weight excluding hydrogens is 288 g/mol. The largest absolute Gasteiger partial charge is 0.377 e. The van der Waals surface area contributed by atoms with Crippen LogP contribution in [0, 0.1) is 0 Å². The third-order valence-electron chi connectivity index (χ3n) is 5.19. The van der Waals surface area contributed by atoms with Crippen LogP contribution in [0.1, 0.15) is 32.1 Å². The van der Waals surface area contributed by atoms with E-state index in [-0.39, 0.29) is 0 Å². The molecule has 6 heteroatoms. The first kappa shape index (κ1) is 15.7. The predicted molar refractivity (Wildman–Crippen MR) is 83.3 cm³/mol. The molecule has 0 aromatic carbocycles. The van der Waals surface area contributed by atoms with E-state index in [1.54, 1.807) is 0 Å². The van der Waals surface area contributed by atoms with Crippen molar-refractivity contribution >= 4 is 9.84 Å². The SMILES string of the molecule is O=S1(=O)CCN(C2CCN(C[C@H]3CCCCO3)CC2)CC1. The molecule has 0 aromatic heterocycles. The Morgan fingerprint density at radius 2 is 1.67 bits per heavy atom. The molecule has 122 valence electrons. The number of hydrogen-bond acceptors (Lipinski definition) is 5. The highest BCUT2D eigenvalue weighted by Gasteiger charge is 2.30. The zero-order chi connectivity index (χ0) is 14.7. The summed E-state index contributed by atoms with van der Waals surface area (Å²) in [6.07, 6.45) is 6.53. The van der Waals surface area contributed by atoms with Gasteiger partial charge in [-0.3, -0.25) is 4.90 Å². The molecule has 3 heterocycles. The number of hydrogen-bond donors (Lipinski definition) is 0. The summed E-state index contributed by atoms with van der Waals surface area (Å²) in [5, 5.41) is 0. The van der Waals surface area contributed by atoms with E-state index in [1.807, 2.05) is 0 Å². The van der Waals surface area contributed by atoms with Crippen molar-refractivity contribution in [2.45, 2.75) is 44.2 Å². The molecule has 5 nitrogen and oxygen atoms in total. The zero-order valence-electron chi connectivity index (χ0n) is 12.9. The molecule has 0 amide bonds. The van der Waals surface area contributed by atoms with Gasteiger partial charge < -0.3 is 9.64 Å². The maximum atomic E-state index is 11.5. The maximum Gasteiger partial charge on any atom is 0.152 e. The number of piperidine rings is 1. The summed E-state index contributed by atoms with van der Waals surface area (Å²) < 4.78 is 28.8. The predicted octanol–water partition coefficient (Wildman–Crippen LogP) is 0.750. The smallest absolute Gasteiger partial charge is 0.152 e. The van der Waals surface area contributed by atoms with Gasteiger partial charge >= 0.3 is 0 Å². The number of rotatable bonds is 3. The minimum Gasteiger partial charge on any atom is -0.377 e. The van der Waals surface area contributed by atoms with Crippen LogP contribution in [0.15, 0.2) is 0 Å². The van der Waals surface area contributed by atoms with Crippen LogP contribution in [0.4, 0.5) is 0 Å². The maximum absolute atomic E-state index is 11.5. The van der Waals surface area contributed by atoms with Crippen LogP contribution in [0.5, 0.6) is 0 Å². The first-order valence-corrected chi connectivity index (χ1v) is 10.2. The van der Waals surface area contributed by atoms with Gasteiger partial charge in [0.15, 0.2) is 9.84 Å². The molecule has 3 rings (SSSR count). The minimum atomic E-state index is -2.75. The molecule has 0 unspecified atom stereocenters. The quantitative estimate of drug-likeness (QED) is 0.769. The van der Waals surface area contributed by atoms with Crippen LogP contribution in [0.25, 0.3) is 0 Å². The Hall–Kier alpha value is -0.170. The molecule has 3 aliphatic heterocycles. The minimum absolute atomic E-state index is 0.350. The molecule has 0 spiro atoms. The van der Waals surface area contributed by atoms with Crippen molar-refractivity contribution in [1.29, 1.82) is 0 Å². The Bertz CT molecular complexity index is 412. The van der Waals surface area contributed by atoms with Crippen molar-refractivity contribution in [3.05, 3.63) is 0 Å². The van der Waals surface area contributed by atoms with Gasteiger partial charge in [-0.05, 0) is 45.2 Å². The highest BCUT2D eigenvalue weighted by molar-refractivity contribution is 7.91. The summed E-state index contributed by atoms with van der Waals surface area (Å²) in [6.45, 7) is 5.75. The fourth-order valence-electron chi connectivity index (χ4n) is 3.80. The molecule has 21 heavy (non-hydrogen) atoms. The molecule has 0 radical (unpaired) electrons. The highest BCUT2D eigenvalue weighted by atomic mass is 32.2. The number of nitrogens with zero attached hydrogens (tertiary/aromatic N) is 2. The first-order chi connectivity index (χ1) is 10.1. The van der Waals surface area contributed by atoms with E-state index in [9.17, 15) is 8.42 Å². The average Bonchev–Trinajstić information content (AvgIpc) is 2.49. The van der Waals surface area contributed by atoms with Gasteiger partial charge in [-0.15, -0.1) is 0 Å². The number of ether oxygens (including phenoxy) is 1. The normalized spacial score (nSPS) is 33.0. The van der Waals surface area contributed by atoms with Crippen LogP contribution in [-0.4, -0.2) is 81.2 Å². The molecule has 3 fully saturated rings. The van der Waals surface area contributed by atoms with E-state index < -0.39 is 9.84 Å². The van der Waals surface area contributed by atoms with Crippen molar-refractivity contribution in [3.63, 3.8) is 0 Å². The van der Waals surface area contributed by atoms with Crippen LogP contribution in [0.2, 0.25) is 0 Å². The summed E-state index contributed by atoms with van der Waals surface area (Å²) in [7, 11) is -2.75. The lowest BCUT2D eigenvalue weighted by molar-refractivity contribution is -0.0136. The Morgan fingerprint density at radius 1 is 0.952 bits per heavy atom. The van der Waals surface area contributed by atoms with Crippen molar-refractivity contribution in [2.75, 3.05) is 50.8 Å². The Kier molecular flexibility index (Phi) is 5.19. The van der Waals surface area contributed by atoms with Gasteiger partial charge in [-0.1, -0.05) is 0 Å². The molecule has 0 bridgehead atoms. The molecule has 0 N–H and O–H groups in total. The first-order valence-electron chi connectivity index (χ1n) is 8.41. The fraction of sp³-hybridized carbons (Fsp3) is 1.00.